The van der Waals surface area contributed by atoms with Crippen LogP contribution in [0.3, 0.4) is 0 Å². The van der Waals surface area contributed by atoms with Crippen molar-refractivity contribution in [2.45, 2.75) is 6.92 Å². The first-order chi connectivity index (χ1) is 6.68. The molecule has 1 nitrogen and oxygen atoms in total. The Morgan fingerprint density at radius 1 is 1.21 bits per heavy atom. The topological polar surface area (TPSA) is 12.9 Å². The molecule has 0 amide bonds. The molecular weight excluding hydrogens is 204 g/mol. The second-order valence-electron chi connectivity index (χ2n) is 2.89. The molecule has 0 aliphatic carbocycles. The van der Waals surface area contributed by atoms with Crippen LogP contribution < -0.4 is 0 Å². The number of aryl methyl sites for hydroxylation is 1. The average molecular weight is 211 g/mol. The lowest BCUT2D eigenvalue weighted by Gasteiger charge is -1.99. The molecule has 0 aliphatic rings. The Labute approximate surface area is 84.0 Å². The predicted molar refractivity (Wildman–Crippen MR) is 52.2 cm³/mol. The lowest BCUT2D eigenvalue weighted by atomic mass is 10.1. The van der Waals surface area contributed by atoms with Crippen LogP contribution >= 0.6 is 11.3 Å². The summed E-state index contributed by atoms with van der Waals surface area (Å²) < 4.78 is 25.6. The molecule has 2 rings (SSSR count). The standard InChI is InChI=1S/C10H7F2NS/c1-6-10(13-5-14-6)7-2-3-8(11)9(12)4-7/h2-5H,1H3. The first kappa shape index (κ1) is 9.27. The van der Waals surface area contributed by atoms with Gasteiger partial charge >= 0.3 is 0 Å². The molecule has 0 fully saturated rings. The third kappa shape index (κ3) is 1.53. The van der Waals surface area contributed by atoms with Gasteiger partial charge in [-0.2, -0.15) is 0 Å². The minimum atomic E-state index is -0.838. The number of benzene rings is 1. The van der Waals surface area contributed by atoms with Gasteiger partial charge in [0, 0.05) is 10.4 Å². The van der Waals surface area contributed by atoms with Gasteiger partial charge in [-0.05, 0) is 25.1 Å². The fourth-order valence-corrected chi connectivity index (χ4v) is 1.82. The Morgan fingerprint density at radius 3 is 2.57 bits per heavy atom. The Kier molecular flexibility index (Phi) is 2.29. The van der Waals surface area contributed by atoms with E-state index in [-0.39, 0.29) is 0 Å². The van der Waals surface area contributed by atoms with Gasteiger partial charge in [-0.1, -0.05) is 0 Å². The monoisotopic (exact) mass is 211 g/mol. The number of rotatable bonds is 1. The van der Waals surface area contributed by atoms with Crippen LogP contribution in [-0.2, 0) is 0 Å². The zero-order valence-electron chi connectivity index (χ0n) is 7.42. The predicted octanol–water partition coefficient (Wildman–Crippen LogP) is 3.40. The van der Waals surface area contributed by atoms with Gasteiger partial charge in [-0.15, -0.1) is 11.3 Å². The minimum Gasteiger partial charge on any atom is -0.244 e. The first-order valence-corrected chi connectivity index (χ1v) is 4.92. The van der Waals surface area contributed by atoms with E-state index in [4.69, 9.17) is 0 Å². The molecule has 0 spiro atoms. The van der Waals surface area contributed by atoms with Gasteiger partial charge < -0.3 is 0 Å². The number of aromatic nitrogens is 1. The summed E-state index contributed by atoms with van der Waals surface area (Å²) in [4.78, 5) is 5.08. The fraction of sp³-hybridized carbons (Fsp3) is 0.100. The second-order valence-corrected chi connectivity index (χ2v) is 3.94. The lowest BCUT2D eigenvalue weighted by molar-refractivity contribution is 0.509. The summed E-state index contributed by atoms with van der Waals surface area (Å²) in [6, 6.07) is 3.81. The highest BCUT2D eigenvalue weighted by atomic mass is 32.1. The number of nitrogens with zero attached hydrogens (tertiary/aromatic N) is 1. The van der Waals surface area contributed by atoms with Crippen molar-refractivity contribution < 1.29 is 8.78 Å². The first-order valence-electron chi connectivity index (χ1n) is 4.04. The van der Waals surface area contributed by atoms with Gasteiger partial charge in [0.25, 0.3) is 0 Å². The van der Waals surface area contributed by atoms with Crippen molar-refractivity contribution in [2.75, 3.05) is 0 Å². The third-order valence-corrected chi connectivity index (χ3v) is 2.70. The van der Waals surface area contributed by atoms with Crippen LogP contribution in [0.2, 0.25) is 0 Å². The van der Waals surface area contributed by atoms with Crippen molar-refractivity contribution in [3.8, 4) is 11.3 Å². The van der Waals surface area contributed by atoms with Crippen molar-refractivity contribution in [3.05, 3.63) is 40.2 Å². The van der Waals surface area contributed by atoms with Gasteiger partial charge in [-0.25, -0.2) is 13.8 Å². The van der Waals surface area contributed by atoms with E-state index in [1.54, 1.807) is 5.51 Å². The second kappa shape index (κ2) is 3.46. The van der Waals surface area contributed by atoms with E-state index in [0.29, 0.717) is 11.3 Å². The highest BCUT2D eigenvalue weighted by Gasteiger charge is 2.08. The summed E-state index contributed by atoms with van der Waals surface area (Å²) in [5.74, 6) is -1.67. The zero-order valence-corrected chi connectivity index (χ0v) is 8.24. The van der Waals surface area contributed by atoms with E-state index in [1.807, 2.05) is 6.92 Å². The maximum Gasteiger partial charge on any atom is 0.159 e. The van der Waals surface area contributed by atoms with Crippen molar-refractivity contribution in [1.29, 1.82) is 0 Å². The number of halogens is 2. The molecule has 0 saturated heterocycles. The van der Waals surface area contributed by atoms with E-state index in [2.05, 4.69) is 4.98 Å². The summed E-state index contributed by atoms with van der Waals surface area (Å²) in [6.07, 6.45) is 0. The molecule has 2 aromatic rings. The van der Waals surface area contributed by atoms with Crippen molar-refractivity contribution >= 4 is 11.3 Å². The molecule has 0 N–H and O–H groups in total. The summed E-state index contributed by atoms with van der Waals surface area (Å²) in [7, 11) is 0. The van der Waals surface area contributed by atoms with Crippen LogP contribution in [0.1, 0.15) is 4.88 Å². The Morgan fingerprint density at radius 2 is 2.00 bits per heavy atom. The Balaban J connectivity index is 2.53. The van der Waals surface area contributed by atoms with E-state index in [1.165, 1.54) is 17.4 Å². The van der Waals surface area contributed by atoms with Crippen LogP contribution in [0, 0.1) is 18.6 Å². The maximum absolute atomic E-state index is 12.9. The zero-order chi connectivity index (χ0) is 10.1. The smallest absolute Gasteiger partial charge is 0.159 e. The average Bonchev–Trinajstić information content (AvgIpc) is 2.57. The molecule has 1 aromatic heterocycles. The van der Waals surface area contributed by atoms with Gasteiger partial charge in [0.2, 0.25) is 0 Å². The summed E-state index contributed by atoms with van der Waals surface area (Å²) >= 11 is 1.48. The van der Waals surface area contributed by atoms with Crippen LogP contribution in [0.4, 0.5) is 8.78 Å². The van der Waals surface area contributed by atoms with Crippen LogP contribution in [0.25, 0.3) is 11.3 Å². The number of hydrogen-bond donors (Lipinski definition) is 0. The van der Waals surface area contributed by atoms with Crippen LogP contribution in [0.15, 0.2) is 23.7 Å². The highest BCUT2D eigenvalue weighted by molar-refractivity contribution is 7.10. The molecule has 1 heterocycles. The molecule has 0 atom stereocenters. The Hall–Kier alpha value is -1.29. The molecule has 14 heavy (non-hydrogen) atoms. The van der Waals surface area contributed by atoms with Crippen molar-refractivity contribution in [1.82, 2.24) is 4.98 Å². The molecule has 0 saturated carbocycles. The maximum atomic E-state index is 12.9. The summed E-state index contributed by atoms with van der Waals surface area (Å²) in [5, 5.41) is 0. The summed E-state index contributed by atoms with van der Waals surface area (Å²) in [5.41, 5.74) is 3.02. The van der Waals surface area contributed by atoms with Crippen LogP contribution in [-0.4, -0.2) is 4.98 Å². The van der Waals surface area contributed by atoms with Gasteiger partial charge in [0.1, 0.15) is 0 Å². The molecule has 1 aromatic carbocycles. The molecule has 0 radical (unpaired) electrons. The molecule has 0 unspecified atom stereocenters. The summed E-state index contributed by atoms with van der Waals surface area (Å²) in [6.45, 7) is 1.90. The van der Waals surface area contributed by atoms with Crippen molar-refractivity contribution in [2.24, 2.45) is 0 Å². The quantitative estimate of drug-likeness (QED) is 0.704. The molecule has 0 aliphatic heterocycles. The van der Waals surface area contributed by atoms with E-state index < -0.39 is 11.6 Å². The number of hydrogen-bond acceptors (Lipinski definition) is 2. The highest BCUT2D eigenvalue weighted by Crippen LogP contribution is 2.25. The van der Waals surface area contributed by atoms with Gasteiger partial charge in [0.15, 0.2) is 11.6 Å². The van der Waals surface area contributed by atoms with Gasteiger partial charge in [0.05, 0.1) is 11.2 Å². The van der Waals surface area contributed by atoms with Gasteiger partial charge in [-0.3, -0.25) is 0 Å². The van der Waals surface area contributed by atoms with Crippen LogP contribution in [0.5, 0.6) is 0 Å². The normalized spacial score (nSPS) is 10.5. The van der Waals surface area contributed by atoms with Crippen molar-refractivity contribution in [3.63, 3.8) is 0 Å². The van der Waals surface area contributed by atoms with E-state index >= 15 is 0 Å². The Bertz CT molecular complexity index is 465. The molecule has 72 valence electrons. The van der Waals surface area contributed by atoms with E-state index in [0.717, 1.165) is 17.0 Å². The molecule has 0 bridgehead atoms. The SMILES string of the molecule is Cc1scnc1-c1ccc(F)c(F)c1. The molecule has 4 heteroatoms. The lowest BCUT2D eigenvalue weighted by Crippen LogP contribution is -1.86. The minimum absolute atomic E-state index is 0.614. The third-order valence-electron chi connectivity index (χ3n) is 1.94. The molecular formula is C10H7F2NS. The fourth-order valence-electron chi connectivity index (χ4n) is 1.23. The largest absolute Gasteiger partial charge is 0.244 e. The van der Waals surface area contributed by atoms with E-state index in [9.17, 15) is 8.78 Å². The number of thiazole rings is 1.